The van der Waals surface area contributed by atoms with Crippen molar-refractivity contribution in [2.45, 2.75) is 0 Å². The van der Waals surface area contributed by atoms with Gasteiger partial charge in [-0.2, -0.15) is 5.26 Å². The van der Waals surface area contributed by atoms with Gasteiger partial charge in [0.15, 0.2) is 0 Å². The number of nitrogen functional groups attached to an aromatic ring is 1. The van der Waals surface area contributed by atoms with Gasteiger partial charge in [0.2, 0.25) is 0 Å². The minimum absolute atomic E-state index is 0.0546. The quantitative estimate of drug-likeness (QED) is 0.744. The maximum absolute atomic E-state index is 11.3. The Balaban J connectivity index is 2.55. The van der Waals surface area contributed by atoms with Crippen LogP contribution in [0, 0.1) is 11.3 Å². The van der Waals surface area contributed by atoms with Crippen LogP contribution in [0.2, 0.25) is 0 Å². The first kappa shape index (κ1) is 14.2. The number of aromatic carboxylic acids is 1. The molecule has 6 heteroatoms. The largest absolute Gasteiger partial charge is 0.495 e. The number of rotatable bonds is 4. The summed E-state index contributed by atoms with van der Waals surface area (Å²) in [5.41, 5.74) is 7.20. The topological polar surface area (TPSA) is 108 Å². The van der Waals surface area contributed by atoms with Crippen LogP contribution in [-0.4, -0.2) is 18.2 Å². The number of carbonyl (C=O) groups is 1. The predicted octanol–water partition coefficient (Wildman–Crippen LogP) is 2.59. The van der Waals surface area contributed by atoms with Crippen molar-refractivity contribution >= 4 is 23.0 Å². The van der Waals surface area contributed by atoms with Gasteiger partial charge in [-0.25, -0.2) is 4.79 Å². The Morgan fingerprint density at radius 3 is 2.76 bits per heavy atom. The molecule has 0 aliphatic rings. The molecule has 0 saturated carbocycles. The van der Waals surface area contributed by atoms with Crippen molar-refractivity contribution in [1.29, 1.82) is 5.26 Å². The molecule has 0 aliphatic carbocycles. The highest BCUT2D eigenvalue weighted by Gasteiger charge is 2.14. The molecule has 0 heterocycles. The van der Waals surface area contributed by atoms with Crippen LogP contribution in [0.25, 0.3) is 0 Å². The van der Waals surface area contributed by atoms with Crippen LogP contribution in [0.15, 0.2) is 36.4 Å². The van der Waals surface area contributed by atoms with Crippen molar-refractivity contribution in [1.82, 2.24) is 0 Å². The molecule has 0 saturated heterocycles. The highest BCUT2D eigenvalue weighted by molar-refractivity contribution is 5.96. The van der Waals surface area contributed by atoms with Crippen LogP contribution in [0.1, 0.15) is 15.9 Å². The molecule has 0 aliphatic heterocycles. The van der Waals surface area contributed by atoms with Crippen molar-refractivity contribution in [2.75, 3.05) is 18.2 Å². The number of nitrogens with one attached hydrogen (secondary N) is 1. The molecule has 4 N–H and O–H groups in total. The van der Waals surface area contributed by atoms with Crippen LogP contribution in [0.5, 0.6) is 5.75 Å². The molecule has 2 rings (SSSR count). The second-order valence-corrected chi connectivity index (χ2v) is 4.23. The predicted molar refractivity (Wildman–Crippen MR) is 78.8 cm³/mol. The summed E-state index contributed by atoms with van der Waals surface area (Å²) in [5, 5.41) is 21.3. The molecule has 2 aromatic rings. The molecule has 6 nitrogen and oxygen atoms in total. The normalized spacial score (nSPS) is 9.71. The summed E-state index contributed by atoms with van der Waals surface area (Å²) in [7, 11) is 1.47. The molecule has 106 valence electrons. The molecular weight excluding hydrogens is 270 g/mol. The number of nitrogens with two attached hydrogens (primary N) is 1. The van der Waals surface area contributed by atoms with Crippen LogP contribution in [0.3, 0.4) is 0 Å². The fourth-order valence-corrected chi connectivity index (χ4v) is 1.91. The standard InChI is InChI=1S/C15H13N3O3/c1-21-13-4-2-3-9(8-16)14(13)18-12-7-10(17)5-6-11(12)15(19)20/h2-7,18H,17H2,1H3,(H,19,20). The Labute approximate surface area is 121 Å². The van der Waals surface area contributed by atoms with Gasteiger partial charge in [0.25, 0.3) is 0 Å². The lowest BCUT2D eigenvalue weighted by atomic mass is 10.1. The molecule has 0 spiro atoms. The SMILES string of the molecule is COc1cccc(C#N)c1Nc1cc(N)ccc1C(=O)O. The van der Waals surface area contributed by atoms with Crippen molar-refractivity contribution in [3.63, 3.8) is 0 Å². The maximum Gasteiger partial charge on any atom is 0.337 e. The average Bonchev–Trinajstić information content (AvgIpc) is 2.47. The zero-order valence-corrected chi connectivity index (χ0v) is 11.3. The van der Waals surface area contributed by atoms with Crippen molar-refractivity contribution in [3.05, 3.63) is 47.5 Å². The number of anilines is 3. The van der Waals surface area contributed by atoms with E-state index < -0.39 is 5.97 Å². The first-order valence-electron chi connectivity index (χ1n) is 6.03. The summed E-state index contributed by atoms with van der Waals surface area (Å²) in [6, 6.07) is 11.4. The molecule has 0 atom stereocenters. The maximum atomic E-state index is 11.3. The van der Waals surface area contributed by atoms with Gasteiger partial charge < -0.3 is 20.9 Å². The van der Waals surface area contributed by atoms with E-state index in [0.717, 1.165) is 0 Å². The fraction of sp³-hybridized carbons (Fsp3) is 0.0667. The number of carboxylic acid groups (broad SMARTS) is 1. The van der Waals surface area contributed by atoms with Gasteiger partial charge in [0.1, 0.15) is 11.8 Å². The molecule has 0 radical (unpaired) electrons. The van der Waals surface area contributed by atoms with Crippen molar-refractivity contribution in [3.8, 4) is 11.8 Å². The molecule has 0 bridgehead atoms. The Morgan fingerprint density at radius 2 is 2.14 bits per heavy atom. The highest BCUT2D eigenvalue weighted by Crippen LogP contribution is 2.32. The van der Waals surface area contributed by atoms with E-state index in [2.05, 4.69) is 5.32 Å². The van der Waals surface area contributed by atoms with Crippen LogP contribution in [0.4, 0.5) is 17.1 Å². The first-order chi connectivity index (χ1) is 10.1. The Hall–Kier alpha value is -3.20. The van der Waals surface area contributed by atoms with Crippen LogP contribution < -0.4 is 15.8 Å². The second-order valence-electron chi connectivity index (χ2n) is 4.23. The smallest absolute Gasteiger partial charge is 0.337 e. The number of ether oxygens (including phenoxy) is 1. The molecule has 0 aromatic heterocycles. The Bertz CT molecular complexity index is 735. The summed E-state index contributed by atoms with van der Waals surface area (Å²) < 4.78 is 5.20. The van der Waals surface area contributed by atoms with E-state index in [1.54, 1.807) is 18.2 Å². The summed E-state index contributed by atoms with van der Waals surface area (Å²) in [4.78, 5) is 11.3. The molecular formula is C15H13N3O3. The van der Waals surface area contributed by atoms with E-state index in [0.29, 0.717) is 28.4 Å². The lowest BCUT2D eigenvalue weighted by Gasteiger charge is -2.14. The van der Waals surface area contributed by atoms with E-state index in [-0.39, 0.29) is 5.56 Å². The average molecular weight is 283 g/mol. The second kappa shape index (κ2) is 5.84. The zero-order valence-electron chi connectivity index (χ0n) is 11.3. The molecule has 21 heavy (non-hydrogen) atoms. The first-order valence-corrected chi connectivity index (χ1v) is 6.03. The Kier molecular flexibility index (Phi) is 3.95. The molecule has 0 fully saturated rings. The summed E-state index contributed by atoms with van der Waals surface area (Å²) in [6.45, 7) is 0. The van der Waals surface area contributed by atoms with Gasteiger partial charge in [0, 0.05) is 5.69 Å². The number of hydrogen-bond acceptors (Lipinski definition) is 5. The zero-order chi connectivity index (χ0) is 15.4. The lowest BCUT2D eigenvalue weighted by Crippen LogP contribution is -2.05. The number of carboxylic acids is 1. The summed E-state index contributed by atoms with van der Waals surface area (Å²) in [6.07, 6.45) is 0. The minimum atomic E-state index is -1.09. The number of nitriles is 1. The third-order valence-electron chi connectivity index (χ3n) is 2.90. The van der Waals surface area contributed by atoms with E-state index >= 15 is 0 Å². The van der Waals surface area contributed by atoms with Gasteiger partial charge in [-0.15, -0.1) is 0 Å². The molecule has 0 unspecified atom stereocenters. The minimum Gasteiger partial charge on any atom is -0.495 e. The lowest BCUT2D eigenvalue weighted by molar-refractivity contribution is 0.0698. The number of benzene rings is 2. The van der Waals surface area contributed by atoms with Gasteiger partial charge in [-0.3, -0.25) is 0 Å². The number of nitrogens with zero attached hydrogens (tertiary/aromatic N) is 1. The van der Waals surface area contributed by atoms with Gasteiger partial charge >= 0.3 is 5.97 Å². The van der Waals surface area contributed by atoms with Crippen LogP contribution in [-0.2, 0) is 0 Å². The van der Waals surface area contributed by atoms with E-state index in [4.69, 9.17) is 15.7 Å². The highest BCUT2D eigenvalue weighted by atomic mass is 16.5. The van der Waals surface area contributed by atoms with Gasteiger partial charge in [-0.1, -0.05) is 6.07 Å². The van der Waals surface area contributed by atoms with Crippen molar-refractivity contribution in [2.24, 2.45) is 0 Å². The van der Waals surface area contributed by atoms with E-state index in [1.807, 2.05) is 6.07 Å². The molecule has 2 aromatic carbocycles. The molecule has 0 amide bonds. The van der Waals surface area contributed by atoms with Crippen molar-refractivity contribution < 1.29 is 14.6 Å². The monoisotopic (exact) mass is 283 g/mol. The summed E-state index contributed by atoms with van der Waals surface area (Å²) in [5.74, 6) is -0.654. The number of methoxy groups -OCH3 is 1. The van der Waals surface area contributed by atoms with Gasteiger partial charge in [-0.05, 0) is 30.3 Å². The third kappa shape index (κ3) is 2.87. The number of para-hydroxylation sites is 1. The van der Waals surface area contributed by atoms with Gasteiger partial charge in [0.05, 0.1) is 29.6 Å². The van der Waals surface area contributed by atoms with E-state index in [9.17, 15) is 9.90 Å². The number of hydrogen-bond donors (Lipinski definition) is 3. The Morgan fingerprint density at radius 1 is 1.38 bits per heavy atom. The third-order valence-corrected chi connectivity index (χ3v) is 2.90. The van der Waals surface area contributed by atoms with Crippen LogP contribution >= 0.6 is 0 Å². The van der Waals surface area contributed by atoms with E-state index in [1.165, 1.54) is 25.3 Å². The fourth-order valence-electron chi connectivity index (χ4n) is 1.91. The summed E-state index contributed by atoms with van der Waals surface area (Å²) >= 11 is 0.